The number of carboxylic acids is 1. The summed E-state index contributed by atoms with van der Waals surface area (Å²) in [5, 5.41) is 9.06. The summed E-state index contributed by atoms with van der Waals surface area (Å²) < 4.78 is 1.36. The van der Waals surface area contributed by atoms with Crippen molar-refractivity contribution in [2.75, 3.05) is 5.75 Å². The van der Waals surface area contributed by atoms with Crippen LogP contribution in [0.1, 0.15) is 23.7 Å². The molecule has 0 spiro atoms. The molecule has 0 saturated carbocycles. The largest absolute Gasteiger partial charge is 0.480 e. The van der Waals surface area contributed by atoms with Crippen LogP contribution in [0.15, 0.2) is 23.1 Å². The number of rotatable bonds is 3. The molecule has 108 valence electrons. The van der Waals surface area contributed by atoms with E-state index in [1.165, 1.54) is 33.5 Å². The summed E-state index contributed by atoms with van der Waals surface area (Å²) in [6, 6.07) is 1.96. The Bertz CT molecular complexity index is 598. The molecule has 0 bridgehead atoms. The summed E-state index contributed by atoms with van der Waals surface area (Å²) in [5.74, 6) is -1.03. The van der Waals surface area contributed by atoms with Crippen molar-refractivity contribution in [3.05, 3.63) is 34.2 Å². The lowest BCUT2D eigenvalue weighted by Gasteiger charge is -2.26. The van der Waals surface area contributed by atoms with Crippen LogP contribution in [-0.2, 0) is 11.8 Å². The van der Waals surface area contributed by atoms with Crippen molar-refractivity contribution in [1.29, 1.82) is 0 Å². The SMILES string of the molecule is CCC1SCC(C(=O)O)N1C(=O)c1ccn(C)c(=O)c1. The van der Waals surface area contributed by atoms with E-state index in [0.717, 1.165) is 0 Å². The normalized spacial score (nSPS) is 22.0. The molecule has 2 rings (SSSR count). The molecular formula is C13H16N2O4S. The summed E-state index contributed by atoms with van der Waals surface area (Å²) in [6.45, 7) is 1.91. The van der Waals surface area contributed by atoms with Crippen molar-refractivity contribution >= 4 is 23.6 Å². The molecule has 1 N–H and O–H groups in total. The third-order valence-corrected chi connectivity index (χ3v) is 4.77. The molecule has 1 saturated heterocycles. The van der Waals surface area contributed by atoms with Gasteiger partial charge in [-0.2, -0.15) is 0 Å². The first-order chi connectivity index (χ1) is 9.45. The highest BCUT2D eigenvalue weighted by molar-refractivity contribution is 8.00. The topological polar surface area (TPSA) is 79.6 Å². The van der Waals surface area contributed by atoms with Gasteiger partial charge >= 0.3 is 5.97 Å². The van der Waals surface area contributed by atoms with E-state index in [0.29, 0.717) is 12.2 Å². The third-order valence-electron chi connectivity index (χ3n) is 3.31. The molecule has 0 aromatic carbocycles. The second kappa shape index (κ2) is 5.70. The number of carbonyl (C=O) groups excluding carboxylic acids is 1. The van der Waals surface area contributed by atoms with Gasteiger partial charge in [0.15, 0.2) is 0 Å². The minimum absolute atomic E-state index is 0.160. The van der Waals surface area contributed by atoms with Gasteiger partial charge in [-0.15, -0.1) is 11.8 Å². The van der Waals surface area contributed by atoms with Gasteiger partial charge < -0.3 is 14.6 Å². The molecular weight excluding hydrogens is 280 g/mol. The summed E-state index contributed by atoms with van der Waals surface area (Å²) in [7, 11) is 1.59. The van der Waals surface area contributed by atoms with Crippen LogP contribution in [-0.4, -0.2) is 43.6 Å². The maximum absolute atomic E-state index is 12.5. The third kappa shape index (κ3) is 2.58. The first-order valence-corrected chi connectivity index (χ1v) is 7.34. The van der Waals surface area contributed by atoms with Gasteiger partial charge in [0.05, 0.1) is 5.37 Å². The Morgan fingerprint density at radius 2 is 2.20 bits per heavy atom. The highest BCUT2D eigenvalue weighted by Gasteiger charge is 2.41. The minimum atomic E-state index is -1.01. The predicted molar refractivity (Wildman–Crippen MR) is 75.8 cm³/mol. The van der Waals surface area contributed by atoms with Crippen LogP contribution >= 0.6 is 11.8 Å². The Morgan fingerprint density at radius 1 is 1.50 bits per heavy atom. The van der Waals surface area contributed by atoms with Crippen LogP contribution in [0, 0.1) is 0 Å². The molecule has 0 radical (unpaired) electrons. The van der Waals surface area contributed by atoms with Crippen molar-refractivity contribution < 1.29 is 14.7 Å². The zero-order chi connectivity index (χ0) is 14.9. The Morgan fingerprint density at radius 3 is 2.75 bits per heavy atom. The maximum Gasteiger partial charge on any atom is 0.327 e. The smallest absolute Gasteiger partial charge is 0.327 e. The Hall–Kier alpha value is -1.76. The average molecular weight is 296 g/mol. The second-order valence-corrected chi connectivity index (χ2v) is 5.84. The summed E-state index contributed by atoms with van der Waals surface area (Å²) in [4.78, 5) is 36.7. The molecule has 1 aliphatic rings. The van der Waals surface area contributed by atoms with Gasteiger partial charge in [0.25, 0.3) is 11.5 Å². The zero-order valence-corrected chi connectivity index (χ0v) is 12.1. The first kappa shape index (κ1) is 14.6. The maximum atomic E-state index is 12.5. The van der Waals surface area contributed by atoms with Crippen LogP contribution in [0.2, 0.25) is 0 Å². The summed E-state index contributed by atoms with van der Waals surface area (Å²) in [6.07, 6.45) is 2.18. The molecule has 1 aliphatic heterocycles. The van der Waals surface area contributed by atoms with Gasteiger partial charge in [0.2, 0.25) is 0 Å². The molecule has 1 aromatic rings. The van der Waals surface area contributed by atoms with Crippen molar-refractivity contribution in [2.45, 2.75) is 24.8 Å². The molecule has 2 heterocycles. The van der Waals surface area contributed by atoms with Crippen molar-refractivity contribution in [3.63, 3.8) is 0 Å². The van der Waals surface area contributed by atoms with Crippen LogP contribution in [0.25, 0.3) is 0 Å². The number of pyridine rings is 1. The number of amides is 1. The second-order valence-electron chi connectivity index (χ2n) is 4.63. The number of carboxylic acid groups (broad SMARTS) is 1. The number of hydrogen-bond donors (Lipinski definition) is 1. The minimum Gasteiger partial charge on any atom is -0.480 e. The Labute approximate surface area is 120 Å². The lowest BCUT2D eigenvalue weighted by atomic mass is 10.2. The fourth-order valence-corrected chi connectivity index (χ4v) is 3.52. The van der Waals surface area contributed by atoms with Gasteiger partial charge in [-0.05, 0) is 12.5 Å². The monoisotopic (exact) mass is 296 g/mol. The van der Waals surface area contributed by atoms with Crippen LogP contribution in [0.3, 0.4) is 0 Å². The highest BCUT2D eigenvalue weighted by atomic mass is 32.2. The van der Waals surface area contributed by atoms with E-state index in [2.05, 4.69) is 0 Å². The van der Waals surface area contributed by atoms with E-state index < -0.39 is 17.9 Å². The van der Waals surface area contributed by atoms with Crippen molar-refractivity contribution in [2.24, 2.45) is 7.05 Å². The van der Waals surface area contributed by atoms with Gasteiger partial charge in [0, 0.05) is 30.6 Å². The molecule has 0 aliphatic carbocycles. The number of nitrogens with zero attached hydrogens (tertiary/aromatic N) is 2. The van der Waals surface area contributed by atoms with Crippen LogP contribution < -0.4 is 5.56 Å². The predicted octanol–water partition coefficient (Wildman–Crippen LogP) is 0.764. The van der Waals surface area contributed by atoms with Crippen LogP contribution in [0.5, 0.6) is 0 Å². The van der Waals surface area contributed by atoms with Gasteiger partial charge in [0.1, 0.15) is 6.04 Å². The Balaban J connectivity index is 2.35. The number of aryl methyl sites for hydroxylation is 1. The van der Waals surface area contributed by atoms with Crippen LogP contribution in [0.4, 0.5) is 0 Å². The quantitative estimate of drug-likeness (QED) is 0.891. The molecule has 1 aromatic heterocycles. The molecule has 6 nitrogen and oxygen atoms in total. The van der Waals surface area contributed by atoms with E-state index in [1.54, 1.807) is 13.1 Å². The van der Waals surface area contributed by atoms with E-state index in [1.807, 2.05) is 6.92 Å². The molecule has 2 atom stereocenters. The van der Waals surface area contributed by atoms with E-state index in [4.69, 9.17) is 0 Å². The number of carbonyl (C=O) groups is 2. The number of aromatic nitrogens is 1. The van der Waals surface area contributed by atoms with Crippen molar-refractivity contribution in [3.8, 4) is 0 Å². The molecule has 20 heavy (non-hydrogen) atoms. The van der Waals surface area contributed by atoms with Crippen molar-refractivity contribution in [1.82, 2.24) is 9.47 Å². The summed E-state index contributed by atoms with van der Waals surface area (Å²) in [5.41, 5.74) is -0.0528. The van der Waals surface area contributed by atoms with E-state index in [-0.39, 0.29) is 16.5 Å². The number of thioether (sulfide) groups is 1. The fraction of sp³-hybridized carbons (Fsp3) is 0.462. The van der Waals surface area contributed by atoms with Gasteiger partial charge in [-0.25, -0.2) is 4.79 Å². The van der Waals surface area contributed by atoms with Gasteiger partial charge in [-0.3, -0.25) is 9.59 Å². The van der Waals surface area contributed by atoms with Gasteiger partial charge in [-0.1, -0.05) is 6.92 Å². The molecule has 1 fully saturated rings. The number of hydrogen-bond acceptors (Lipinski definition) is 4. The lowest BCUT2D eigenvalue weighted by molar-refractivity contribution is -0.141. The highest BCUT2D eigenvalue weighted by Crippen LogP contribution is 2.32. The molecule has 2 unspecified atom stereocenters. The first-order valence-electron chi connectivity index (χ1n) is 6.29. The average Bonchev–Trinajstić information content (AvgIpc) is 2.85. The summed E-state index contributed by atoms with van der Waals surface area (Å²) >= 11 is 1.46. The fourth-order valence-electron chi connectivity index (χ4n) is 2.17. The standard InChI is InChI=1S/C13H16N2O4S/c1-3-11-15(9(7-20-11)13(18)19)12(17)8-4-5-14(2)10(16)6-8/h4-6,9,11H,3,7H2,1-2H3,(H,18,19). The van der Waals surface area contributed by atoms with E-state index >= 15 is 0 Å². The number of aliphatic carboxylic acids is 1. The lowest BCUT2D eigenvalue weighted by Crippen LogP contribution is -2.45. The molecule has 7 heteroatoms. The van der Waals surface area contributed by atoms with E-state index in [9.17, 15) is 19.5 Å². The zero-order valence-electron chi connectivity index (χ0n) is 11.3. The Kier molecular flexibility index (Phi) is 4.17. The molecule has 1 amide bonds.